The summed E-state index contributed by atoms with van der Waals surface area (Å²) in [6.45, 7) is 57.5. The second-order valence-electron chi connectivity index (χ2n) is 25.2. The molecular formula is C57H98FN6NaO10S. The topological polar surface area (TPSA) is 207 Å². The largest absolute Gasteiger partial charge is 1.00 e. The van der Waals surface area contributed by atoms with Crippen LogP contribution in [0.1, 0.15) is 169 Å². The zero-order chi connectivity index (χ0) is 57.8. The molecule has 1 aromatic heterocycles. The molecule has 0 radical (unpaired) electrons. The van der Waals surface area contributed by atoms with E-state index >= 15 is 0 Å². The predicted molar refractivity (Wildman–Crippen MR) is 296 cm³/mol. The summed E-state index contributed by atoms with van der Waals surface area (Å²) in [4.78, 5) is 60.1. The van der Waals surface area contributed by atoms with Crippen LogP contribution in [0.15, 0.2) is 22.5 Å². The Hall–Kier alpha value is -3.20. The average molecular weight is 1100 g/mol. The van der Waals surface area contributed by atoms with Gasteiger partial charge in [0.2, 0.25) is 11.5 Å². The van der Waals surface area contributed by atoms with Gasteiger partial charge in [0, 0.05) is 66.3 Å². The molecule has 0 spiro atoms. The van der Waals surface area contributed by atoms with E-state index in [-0.39, 0.29) is 99.2 Å². The molecule has 6 aliphatic rings. The third-order valence-corrected chi connectivity index (χ3v) is 14.7. The normalized spacial score (nSPS) is 27.7. The molecular weight excluding hydrogens is 1000 g/mol. The van der Waals surface area contributed by atoms with Crippen LogP contribution >= 0.6 is 12.1 Å². The Kier molecular flexibility index (Phi) is 33.2. The minimum Gasteiger partial charge on any atom is -0.857 e. The third-order valence-electron chi connectivity index (χ3n) is 14.7. The van der Waals surface area contributed by atoms with E-state index in [4.69, 9.17) is 22.8 Å². The molecule has 3 aliphatic carbocycles. The molecule has 16 nitrogen and oxygen atoms in total. The van der Waals surface area contributed by atoms with Gasteiger partial charge in [-0.15, -0.1) is 0 Å². The number of ether oxygens (including phenoxy) is 3. The van der Waals surface area contributed by atoms with Crippen LogP contribution in [0.5, 0.6) is 0 Å². The fraction of sp³-hybridized carbons (Fsp3) is 0.789. The number of carbonyl (C=O) groups excluding carboxylic acids is 5. The summed E-state index contributed by atoms with van der Waals surface area (Å²) in [5.41, 5.74) is 0.516. The molecule has 76 heavy (non-hydrogen) atoms. The fourth-order valence-electron chi connectivity index (χ4n) is 11.6. The molecule has 3 N–H and O–H groups in total. The minimum absolute atomic E-state index is 0. The molecule has 19 heteroatoms. The van der Waals surface area contributed by atoms with Gasteiger partial charge in [-0.2, -0.15) is 11.0 Å². The van der Waals surface area contributed by atoms with Crippen LogP contribution < -0.4 is 50.6 Å². The number of Topliss-reactive ketones (excluding diaryl/α,β-unsaturated/α-hetero) is 2. The van der Waals surface area contributed by atoms with Crippen LogP contribution in [-0.4, -0.2) is 112 Å². The molecule has 7 rings (SSSR count). The van der Waals surface area contributed by atoms with E-state index in [1.165, 1.54) is 18.2 Å². The maximum Gasteiger partial charge on any atom is 1.00 e. The molecule has 3 unspecified atom stereocenters. The Bertz CT molecular complexity index is 2020. The van der Waals surface area contributed by atoms with Crippen molar-refractivity contribution in [3.63, 3.8) is 0 Å². The molecule has 0 amide bonds. The Morgan fingerprint density at radius 2 is 1.11 bits per heavy atom. The summed E-state index contributed by atoms with van der Waals surface area (Å²) >= 11 is 0.250. The SMILES string of the molecule is C.CC(C)(C)OC=O.CC(C)(C)OC=O.CC(C)(C)OC=O.CC1(C)c2oncc2C[C@@]2(C)CNCCC12.CSF.C[O-].[C-]#[N+]C1=C[C@@]2(C)CNCC[C@@H]2C(C)(C)C1=O.[C-]#[N+]C1C[C@@]2(C)CNCCC2C(C)(C)C1=O.[Na+]. The van der Waals surface area contributed by atoms with Crippen molar-refractivity contribution in [1.29, 1.82) is 0 Å². The zero-order valence-electron chi connectivity index (χ0n) is 49.7. The molecule has 4 heterocycles. The van der Waals surface area contributed by atoms with E-state index in [2.05, 4.69) is 79.6 Å². The number of rotatable bonds is 3. The molecule has 1 aromatic rings. The van der Waals surface area contributed by atoms with Gasteiger partial charge in [-0.25, -0.2) is 11.4 Å². The minimum atomic E-state index is -0.420. The van der Waals surface area contributed by atoms with Crippen molar-refractivity contribution >= 4 is 43.1 Å². The molecule has 3 aliphatic heterocycles. The number of carbonyl (C=O) groups is 5. The van der Waals surface area contributed by atoms with E-state index in [9.17, 15) is 27.9 Å². The van der Waals surface area contributed by atoms with Gasteiger partial charge in [-0.05, 0) is 142 Å². The summed E-state index contributed by atoms with van der Waals surface area (Å²) in [5.74, 6) is 2.77. The van der Waals surface area contributed by atoms with Gasteiger partial charge in [-0.1, -0.05) is 81.0 Å². The van der Waals surface area contributed by atoms with Crippen LogP contribution in [0.3, 0.4) is 0 Å². The Morgan fingerprint density at radius 1 is 0.711 bits per heavy atom. The van der Waals surface area contributed by atoms with E-state index in [0.717, 1.165) is 77.8 Å². The molecule has 7 atom stereocenters. The van der Waals surface area contributed by atoms with Gasteiger partial charge in [-0.3, -0.25) is 19.2 Å². The second-order valence-corrected chi connectivity index (χ2v) is 25.5. The summed E-state index contributed by atoms with van der Waals surface area (Å²) in [5, 5.41) is 22.5. The first-order chi connectivity index (χ1) is 34.0. The molecule has 430 valence electrons. The third kappa shape index (κ3) is 22.5. The Labute approximate surface area is 484 Å². The van der Waals surface area contributed by atoms with E-state index in [1.807, 2.05) is 102 Å². The van der Waals surface area contributed by atoms with E-state index < -0.39 is 11.5 Å². The van der Waals surface area contributed by atoms with Crippen molar-refractivity contribution in [3.8, 4) is 0 Å². The standard InChI is InChI=1S/2C13H20N2O.C13H18N2O.3C5H10O2.CH3FS.CH3O.CH4.Na/c1-12(2)10-4-5-14-8-13(10,3)6-9-7-15-16-11(9)12;2*1-12(2)10-5-6-15-8-13(10,3)7-9(14-4)11(12)16;3*1-5(2,3)7-4-6;1-3-2;1-2;;/h7,10,14H,4-6,8H2,1-3H3;9-10,15H,5-8H2,1-3H3;7,10,15H,5-6,8H2,1-3H3;3*4H,1-3H3;1H3;1H3;1H4;/q;;;;;;;-1;;+1/t10?,13-;9?,10?,13-;10-,13+;;;;;;;/m001......./s1. The quantitative estimate of drug-likeness (QED) is 0.124. The molecule has 4 fully saturated rings. The monoisotopic (exact) mass is 1100 g/mol. The predicted octanol–water partition coefficient (Wildman–Crippen LogP) is 6.75. The molecule has 3 saturated heterocycles. The van der Waals surface area contributed by atoms with E-state index in [1.54, 1.807) is 0 Å². The molecule has 0 bridgehead atoms. The van der Waals surface area contributed by atoms with Crippen molar-refractivity contribution < 1.29 is 81.3 Å². The van der Waals surface area contributed by atoms with E-state index in [0.29, 0.717) is 48.3 Å². The van der Waals surface area contributed by atoms with Gasteiger partial charge < -0.3 is 49.4 Å². The maximum atomic E-state index is 12.2. The second kappa shape index (κ2) is 32.8. The summed E-state index contributed by atoms with van der Waals surface area (Å²) < 4.78 is 29.3. The summed E-state index contributed by atoms with van der Waals surface area (Å²) in [6.07, 6.45) is 10.3. The number of halogens is 1. The van der Waals surface area contributed by atoms with Crippen LogP contribution in [0.4, 0.5) is 3.89 Å². The summed E-state index contributed by atoms with van der Waals surface area (Å²) in [7, 11) is 0.750. The Balaban J connectivity index is -0.000000853. The van der Waals surface area contributed by atoms with Crippen molar-refractivity contribution in [2.75, 3.05) is 52.6 Å². The summed E-state index contributed by atoms with van der Waals surface area (Å²) in [6, 6.07) is -0.420. The van der Waals surface area contributed by atoms with Crippen LogP contribution in [0, 0.1) is 58.0 Å². The first kappa shape index (κ1) is 77.0. The molecule has 0 aromatic carbocycles. The van der Waals surface area contributed by atoms with Crippen molar-refractivity contribution in [3.05, 3.63) is 52.1 Å². The van der Waals surface area contributed by atoms with Crippen LogP contribution in [0.2, 0.25) is 0 Å². The van der Waals surface area contributed by atoms with Crippen LogP contribution in [-0.2, 0) is 50.0 Å². The number of ketones is 2. The maximum absolute atomic E-state index is 12.2. The average Bonchev–Trinajstić information content (AvgIpc) is 3.76. The smallest absolute Gasteiger partial charge is 0.857 e. The van der Waals surface area contributed by atoms with Crippen LogP contribution in [0.25, 0.3) is 9.69 Å². The zero-order valence-corrected chi connectivity index (χ0v) is 52.5. The molecule has 1 saturated carbocycles. The number of allylic oxidation sites excluding steroid dienone is 1. The number of fused-ring (bicyclic) bond motifs is 4. The van der Waals surface area contributed by atoms with Gasteiger partial charge >= 0.3 is 29.6 Å². The fourth-order valence-corrected chi connectivity index (χ4v) is 11.6. The van der Waals surface area contributed by atoms with Gasteiger partial charge in [0.05, 0.1) is 12.8 Å². The van der Waals surface area contributed by atoms with Gasteiger partial charge in [0.25, 0.3) is 25.5 Å². The van der Waals surface area contributed by atoms with Crippen molar-refractivity contribution in [1.82, 2.24) is 21.1 Å². The number of nitrogens with zero attached hydrogens (tertiary/aromatic N) is 3. The van der Waals surface area contributed by atoms with Gasteiger partial charge in [0.1, 0.15) is 22.6 Å². The number of hydrogen-bond donors (Lipinski definition) is 3. The first-order valence-electron chi connectivity index (χ1n) is 25.5. The number of piperidine rings is 3. The Morgan fingerprint density at radius 3 is 1.49 bits per heavy atom. The first-order valence-corrected chi connectivity index (χ1v) is 26.6. The van der Waals surface area contributed by atoms with Crippen molar-refractivity contribution in [2.45, 2.75) is 192 Å². The van der Waals surface area contributed by atoms with Gasteiger partial charge in [0.15, 0.2) is 5.78 Å². The number of hydrogen-bond acceptors (Lipinski definition) is 15. The number of aromatic nitrogens is 1. The number of nitrogens with one attached hydrogen (secondary N) is 3. The van der Waals surface area contributed by atoms with Crippen molar-refractivity contribution in [2.24, 2.45) is 44.8 Å².